The van der Waals surface area contributed by atoms with Gasteiger partial charge in [0.1, 0.15) is 5.75 Å². The minimum absolute atomic E-state index is 0.267. The van der Waals surface area contributed by atoms with E-state index in [1.165, 1.54) is 12.7 Å². The van der Waals surface area contributed by atoms with Crippen LogP contribution in [-0.2, 0) is 17.6 Å². The highest BCUT2D eigenvalue weighted by molar-refractivity contribution is 9.11. The molecule has 0 saturated carbocycles. The summed E-state index contributed by atoms with van der Waals surface area (Å²) >= 11 is 5.03. The van der Waals surface area contributed by atoms with Crippen LogP contribution in [0.1, 0.15) is 27.2 Å². The van der Waals surface area contributed by atoms with Crippen molar-refractivity contribution in [2.75, 3.05) is 14.2 Å². The number of hydrogen-bond donors (Lipinski definition) is 0. The average molecular weight is 369 g/mol. The van der Waals surface area contributed by atoms with Gasteiger partial charge < -0.3 is 9.47 Å². The van der Waals surface area contributed by atoms with Crippen molar-refractivity contribution in [3.8, 4) is 5.75 Å². The summed E-state index contributed by atoms with van der Waals surface area (Å²) in [7, 11) is 3.08. The Morgan fingerprint density at radius 3 is 2.52 bits per heavy atom. The van der Waals surface area contributed by atoms with Gasteiger partial charge in [0, 0.05) is 4.88 Å². The van der Waals surface area contributed by atoms with E-state index in [1.807, 2.05) is 18.2 Å². The fraction of sp³-hybridized carbons (Fsp3) is 0.312. The summed E-state index contributed by atoms with van der Waals surface area (Å²) < 4.78 is 10.9. The number of aryl methyl sites for hydroxylation is 2. The maximum Gasteiger partial charge on any atom is 0.339 e. The van der Waals surface area contributed by atoms with Gasteiger partial charge >= 0.3 is 5.97 Å². The van der Waals surface area contributed by atoms with Crippen LogP contribution in [0, 0.1) is 0 Å². The van der Waals surface area contributed by atoms with E-state index in [9.17, 15) is 4.79 Å². The molecule has 5 heteroatoms. The van der Waals surface area contributed by atoms with E-state index in [-0.39, 0.29) is 5.97 Å². The van der Waals surface area contributed by atoms with Crippen LogP contribution < -0.4 is 4.74 Å². The summed E-state index contributed by atoms with van der Waals surface area (Å²) in [6.07, 6.45) is 2.83. The summed E-state index contributed by atoms with van der Waals surface area (Å²) in [6.45, 7) is 0. The zero-order valence-corrected chi connectivity index (χ0v) is 14.4. The Labute approximate surface area is 137 Å². The molecule has 0 saturated heterocycles. The maximum absolute atomic E-state index is 11.7. The second-order valence-electron chi connectivity index (χ2n) is 4.58. The lowest BCUT2D eigenvalue weighted by Gasteiger charge is -2.04. The van der Waals surface area contributed by atoms with E-state index in [4.69, 9.17) is 9.47 Å². The largest absolute Gasteiger partial charge is 0.497 e. The molecule has 0 bridgehead atoms. The van der Waals surface area contributed by atoms with Gasteiger partial charge in [0.05, 0.1) is 23.6 Å². The molecule has 1 heterocycles. The molecule has 0 spiro atoms. The summed E-state index contributed by atoms with van der Waals surface area (Å²) in [6, 6.07) is 9.92. The quantitative estimate of drug-likeness (QED) is 0.705. The number of halogens is 1. The van der Waals surface area contributed by atoms with E-state index in [0.717, 1.165) is 33.7 Å². The first-order chi connectivity index (χ1) is 10.1. The molecular weight excluding hydrogens is 352 g/mol. The number of benzene rings is 1. The minimum Gasteiger partial charge on any atom is -0.497 e. The molecule has 1 aromatic carbocycles. The van der Waals surface area contributed by atoms with Crippen molar-refractivity contribution in [1.82, 2.24) is 0 Å². The van der Waals surface area contributed by atoms with E-state index >= 15 is 0 Å². The van der Waals surface area contributed by atoms with E-state index in [1.54, 1.807) is 18.4 Å². The van der Waals surface area contributed by atoms with Gasteiger partial charge in [0.2, 0.25) is 0 Å². The van der Waals surface area contributed by atoms with Crippen LogP contribution in [0.4, 0.5) is 0 Å². The lowest BCUT2D eigenvalue weighted by Crippen LogP contribution is -2.02. The number of hydrogen-bond acceptors (Lipinski definition) is 4. The summed E-state index contributed by atoms with van der Waals surface area (Å²) in [4.78, 5) is 12.8. The predicted molar refractivity (Wildman–Crippen MR) is 88.4 cm³/mol. The molecular formula is C16H17BrO3S. The van der Waals surface area contributed by atoms with Gasteiger partial charge in [-0.25, -0.2) is 4.79 Å². The van der Waals surface area contributed by atoms with Gasteiger partial charge in [0.15, 0.2) is 0 Å². The third-order valence-electron chi connectivity index (χ3n) is 3.21. The highest BCUT2D eigenvalue weighted by Gasteiger charge is 2.15. The SMILES string of the molecule is COC(=O)c1cc(Br)sc1CCCc1ccc(OC)cc1. The molecule has 3 nitrogen and oxygen atoms in total. The van der Waals surface area contributed by atoms with Crippen molar-refractivity contribution >= 4 is 33.2 Å². The van der Waals surface area contributed by atoms with Gasteiger partial charge in [-0.3, -0.25) is 0 Å². The third-order valence-corrected chi connectivity index (χ3v) is 4.91. The van der Waals surface area contributed by atoms with Crippen molar-refractivity contribution in [3.63, 3.8) is 0 Å². The Bertz CT molecular complexity index is 604. The number of rotatable bonds is 6. The second-order valence-corrected chi connectivity index (χ2v) is 7.10. The first kappa shape index (κ1) is 16.0. The van der Waals surface area contributed by atoms with Crippen LogP contribution in [-0.4, -0.2) is 20.2 Å². The van der Waals surface area contributed by atoms with E-state index < -0.39 is 0 Å². The highest BCUT2D eigenvalue weighted by Crippen LogP contribution is 2.29. The monoisotopic (exact) mass is 368 g/mol. The molecule has 2 aromatic rings. The minimum atomic E-state index is -0.267. The molecule has 0 amide bonds. The summed E-state index contributed by atoms with van der Waals surface area (Å²) in [5.41, 5.74) is 1.94. The lowest BCUT2D eigenvalue weighted by atomic mass is 10.1. The molecule has 0 N–H and O–H groups in total. The number of thiophene rings is 1. The normalized spacial score (nSPS) is 10.4. The van der Waals surface area contributed by atoms with Crippen LogP contribution in [0.5, 0.6) is 5.75 Å². The molecule has 1 aromatic heterocycles. The van der Waals surface area contributed by atoms with Crippen LogP contribution >= 0.6 is 27.3 Å². The molecule has 0 aliphatic carbocycles. The summed E-state index contributed by atoms with van der Waals surface area (Å²) in [5.74, 6) is 0.602. The van der Waals surface area contributed by atoms with Gasteiger partial charge in [-0.2, -0.15) is 0 Å². The Hall–Kier alpha value is -1.33. The van der Waals surface area contributed by atoms with Crippen molar-refractivity contribution in [2.24, 2.45) is 0 Å². The predicted octanol–water partition coefficient (Wildman–Crippen LogP) is 4.48. The molecule has 2 rings (SSSR count). The fourth-order valence-corrected chi connectivity index (χ4v) is 3.84. The standard InChI is InChI=1S/C16H17BrO3S/c1-19-12-8-6-11(7-9-12)4-3-5-14-13(16(18)20-2)10-15(17)21-14/h6-10H,3-5H2,1-2H3. The van der Waals surface area contributed by atoms with Crippen LogP contribution in [0.3, 0.4) is 0 Å². The topological polar surface area (TPSA) is 35.5 Å². The van der Waals surface area contributed by atoms with Gasteiger partial charge in [-0.05, 0) is 59.0 Å². The van der Waals surface area contributed by atoms with Crippen LogP contribution in [0.2, 0.25) is 0 Å². The Kier molecular flexibility index (Phi) is 5.82. The molecule has 112 valence electrons. The smallest absolute Gasteiger partial charge is 0.339 e. The number of carbonyl (C=O) groups is 1. The van der Waals surface area contributed by atoms with Crippen molar-refractivity contribution < 1.29 is 14.3 Å². The molecule has 0 radical (unpaired) electrons. The molecule has 0 aliphatic heterocycles. The van der Waals surface area contributed by atoms with Gasteiger partial charge in [-0.1, -0.05) is 12.1 Å². The number of methoxy groups -OCH3 is 2. The lowest BCUT2D eigenvalue weighted by molar-refractivity contribution is 0.0600. The Morgan fingerprint density at radius 1 is 1.19 bits per heavy atom. The van der Waals surface area contributed by atoms with Crippen molar-refractivity contribution in [1.29, 1.82) is 0 Å². The maximum atomic E-state index is 11.7. The molecule has 21 heavy (non-hydrogen) atoms. The summed E-state index contributed by atoms with van der Waals surface area (Å²) in [5, 5.41) is 0. The third kappa shape index (κ3) is 4.32. The first-order valence-corrected chi connectivity index (χ1v) is 8.24. The zero-order chi connectivity index (χ0) is 15.2. The van der Waals surface area contributed by atoms with E-state index in [2.05, 4.69) is 28.1 Å². The number of carbonyl (C=O) groups excluding carboxylic acids is 1. The van der Waals surface area contributed by atoms with Crippen molar-refractivity contribution in [3.05, 3.63) is 50.1 Å². The van der Waals surface area contributed by atoms with Crippen LogP contribution in [0.15, 0.2) is 34.1 Å². The fourth-order valence-electron chi connectivity index (χ4n) is 2.11. The Morgan fingerprint density at radius 2 is 1.90 bits per heavy atom. The number of ether oxygens (including phenoxy) is 2. The van der Waals surface area contributed by atoms with Crippen molar-refractivity contribution in [2.45, 2.75) is 19.3 Å². The van der Waals surface area contributed by atoms with E-state index in [0.29, 0.717) is 5.56 Å². The molecule has 0 fully saturated rings. The highest BCUT2D eigenvalue weighted by atomic mass is 79.9. The first-order valence-electron chi connectivity index (χ1n) is 6.63. The second kappa shape index (κ2) is 7.61. The zero-order valence-electron chi connectivity index (χ0n) is 12.0. The molecule has 0 aliphatic rings. The van der Waals surface area contributed by atoms with Gasteiger partial charge in [0.25, 0.3) is 0 Å². The molecule has 0 atom stereocenters. The number of esters is 1. The Balaban J connectivity index is 1.95. The van der Waals surface area contributed by atoms with Gasteiger partial charge in [-0.15, -0.1) is 11.3 Å². The van der Waals surface area contributed by atoms with Crippen LogP contribution in [0.25, 0.3) is 0 Å². The average Bonchev–Trinajstić information content (AvgIpc) is 2.88. The molecule has 0 unspecified atom stereocenters.